The van der Waals surface area contributed by atoms with Gasteiger partial charge in [-0.3, -0.25) is 18.6 Å². The van der Waals surface area contributed by atoms with E-state index in [1.807, 2.05) is 78.9 Å². The number of para-hydroxylation sites is 3. The molecule has 0 aliphatic carbocycles. The minimum Gasteiger partial charge on any atom is -0.492 e. The lowest BCUT2D eigenvalue weighted by molar-refractivity contribution is -0.113. The van der Waals surface area contributed by atoms with Crippen LogP contribution in [0.3, 0.4) is 0 Å². The molecule has 2 heterocycles. The van der Waals surface area contributed by atoms with E-state index in [1.54, 1.807) is 16.7 Å². The number of hydrogen-bond acceptors (Lipinski definition) is 6. The number of hydrogen-bond donors (Lipinski definition) is 1. The van der Waals surface area contributed by atoms with Crippen molar-refractivity contribution in [3.05, 3.63) is 94.3 Å². The van der Waals surface area contributed by atoms with Gasteiger partial charge in [-0.1, -0.05) is 65.9 Å². The average Bonchev–Trinajstić information content (AvgIpc) is 3.32. The number of amides is 1. The molecule has 1 N–H and O–H groups in total. The number of nitrogens with zero attached hydrogens (tertiary/aromatic N) is 4. The molecular formula is C27H25N5O3S. The Labute approximate surface area is 211 Å². The molecule has 5 rings (SSSR count). The summed E-state index contributed by atoms with van der Waals surface area (Å²) in [4.78, 5) is 26.1. The van der Waals surface area contributed by atoms with Gasteiger partial charge in [0.1, 0.15) is 5.75 Å². The Kier molecular flexibility index (Phi) is 6.73. The van der Waals surface area contributed by atoms with Gasteiger partial charge in [-0.15, -0.1) is 10.2 Å². The lowest BCUT2D eigenvalue weighted by Crippen LogP contribution is -2.24. The summed E-state index contributed by atoms with van der Waals surface area (Å²) in [5, 5.41) is 12.7. The molecule has 0 unspecified atom stereocenters. The molecule has 0 saturated carbocycles. The van der Waals surface area contributed by atoms with Crippen molar-refractivity contribution in [1.82, 2.24) is 19.2 Å². The van der Waals surface area contributed by atoms with E-state index in [4.69, 9.17) is 4.74 Å². The fraction of sp³-hybridized carbons (Fsp3) is 0.185. The van der Waals surface area contributed by atoms with Crippen LogP contribution in [-0.4, -0.2) is 37.4 Å². The van der Waals surface area contributed by atoms with Crippen molar-refractivity contribution >= 4 is 40.0 Å². The van der Waals surface area contributed by atoms with Crippen molar-refractivity contribution in [3.63, 3.8) is 0 Å². The topological polar surface area (TPSA) is 90.5 Å². The number of aromatic nitrogens is 4. The Balaban J connectivity index is 1.47. The smallest absolute Gasteiger partial charge is 0.263 e. The third-order valence-electron chi connectivity index (χ3n) is 5.73. The summed E-state index contributed by atoms with van der Waals surface area (Å²) < 4.78 is 9.07. The van der Waals surface area contributed by atoms with E-state index in [2.05, 4.69) is 15.5 Å². The van der Waals surface area contributed by atoms with Crippen molar-refractivity contribution < 1.29 is 9.53 Å². The molecule has 0 fully saturated rings. The molecule has 2 aromatic heterocycles. The number of carbonyl (C=O) groups excluding carboxylic acids is 1. The van der Waals surface area contributed by atoms with Crippen molar-refractivity contribution in [1.29, 1.82) is 0 Å². The van der Waals surface area contributed by atoms with Gasteiger partial charge in [0.15, 0.2) is 5.16 Å². The van der Waals surface area contributed by atoms with Crippen molar-refractivity contribution in [2.75, 3.05) is 17.7 Å². The van der Waals surface area contributed by atoms with E-state index >= 15 is 0 Å². The molecule has 8 nitrogen and oxygen atoms in total. The molecule has 3 aromatic carbocycles. The highest BCUT2D eigenvalue weighted by Gasteiger charge is 2.18. The van der Waals surface area contributed by atoms with Crippen LogP contribution < -0.4 is 15.6 Å². The number of carbonyl (C=O) groups is 1. The number of fused-ring (bicyclic) bond motifs is 3. The maximum Gasteiger partial charge on any atom is 0.263 e. The number of rotatable bonds is 8. The Morgan fingerprint density at radius 2 is 1.75 bits per heavy atom. The summed E-state index contributed by atoms with van der Waals surface area (Å²) in [6.07, 6.45) is 0. The molecular weight excluding hydrogens is 474 g/mol. The Hall–Kier alpha value is -4.11. The van der Waals surface area contributed by atoms with Crippen LogP contribution in [0, 0.1) is 6.92 Å². The summed E-state index contributed by atoms with van der Waals surface area (Å²) >= 11 is 1.26. The lowest BCUT2D eigenvalue weighted by atomic mass is 10.1. The minimum atomic E-state index is -0.193. The molecule has 5 aromatic rings. The second kappa shape index (κ2) is 10.2. The van der Waals surface area contributed by atoms with E-state index in [0.717, 1.165) is 11.1 Å². The first-order valence-electron chi connectivity index (χ1n) is 11.6. The summed E-state index contributed by atoms with van der Waals surface area (Å²) in [6.45, 7) is 4.79. The molecule has 9 heteroatoms. The van der Waals surface area contributed by atoms with Gasteiger partial charge in [0, 0.05) is 0 Å². The maximum atomic E-state index is 13.4. The van der Waals surface area contributed by atoms with E-state index < -0.39 is 0 Å². The van der Waals surface area contributed by atoms with Crippen LogP contribution in [0.4, 0.5) is 5.69 Å². The van der Waals surface area contributed by atoms with Crippen LogP contribution in [0.5, 0.6) is 5.75 Å². The third-order valence-corrected chi connectivity index (χ3v) is 6.66. The first-order chi connectivity index (χ1) is 17.5. The van der Waals surface area contributed by atoms with Crippen molar-refractivity contribution in [2.24, 2.45) is 0 Å². The van der Waals surface area contributed by atoms with Gasteiger partial charge in [-0.2, -0.15) is 0 Å². The van der Waals surface area contributed by atoms with E-state index in [9.17, 15) is 9.59 Å². The normalized spacial score (nSPS) is 11.2. The Morgan fingerprint density at radius 3 is 2.56 bits per heavy atom. The first kappa shape index (κ1) is 23.6. The Morgan fingerprint density at radius 1 is 1.00 bits per heavy atom. The molecule has 0 aliphatic heterocycles. The van der Waals surface area contributed by atoms with Crippen LogP contribution in [0.15, 0.2) is 82.7 Å². The van der Waals surface area contributed by atoms with E-state index in [0.29, 0.717) is 46.4 Å². The second-order valence-corrected chi connectivity index (χ2v) is 9.22. The highest BCUT2D eigenvalue weighted by molar-refractivity contribution is 7.99. The predicted octanol–water partition coefficient (Wildman–Crippen LogP) is 4.53. The van der Waals surface area contributed by atoms with Gasteiger partial charge >= 0.3 is 0 Å². The van der Waals surface area contributed by atoms with Crippen molar-refractivity contribution in [2.45, 2.75) is 25.5 Å². The van der Waals surface area contributed by atoms with Gasteiger partial charge in [0.2, 0.25) is 11.7 Å². The van der Waals surface area contributed by atoms with Gasteiger partial charge in [-0.05, 0) is 43.7 Å². The van der Waals surface area contributed by atoms with E-state index in [1.165, 1.54) is 11.8 Å². The van der Waals surface area contributed by atoms with Gasteiger partial charge in [0.05, 0.1) is 35.5 Å². The maximum absolute atomic E-state index is 13.4. The molecule has 0 spiro atoms. The number of nitrogens with one attached hydrogen (secondary N) is 1. The quantitative estimate of drug-likeness (QED) is 0.316. The first-order valence-corrected chi connectivity index (χ1v) is 12.6. The monoisotopic (exact) mass is 499 g/mol. The molecule has 182 valence electrons. The summed E-state index contributed by atoms with van der Waals surface area (Å²) in [5.74, 6) is 0.981. The zero-order valence-electron chi connectivity index (χ0n) is 20.0. The second-order valence-electron chi connectivity index (χ2n) is 8.28. The average molecular weight is 500 g/mol. The SMILES string of the molecule is CCOc1ccccc1NC(=O)CSc1nnc2n(Cc3ccc(C)cc3)c(=O)c3ccccc3n12. The molecule has 0 bridgehead atoms. The van der Waals surface area contributed by atoms with Crippen LogP contribution >= 0.6 is 11.8 Å². The summed E-state index contributed by atoms with van der Waals surface area (Å²) in [7, 11) is 0. The molecule has 0 radical (unpaired) electrons. The third kappa shape index (κ3) is 4.70. The zero-order valence-corrected chi connectivity index (χ0v) is 20.8. The number of thioether (sulfide) groups is 1. The number of ether oxygens (including phenoxy) is 1. The molecule has 0 aliphatic rings. The standard InChI is InChI=1S/C27H25N5O3S/c1-3-35-23-11-7-5-9-21(23)28-24(33)17-36-27-30-29-26-31(16-19-14-12-18(2)13-15-19)25(34)20-8-4-6-10-22(20)32(26)27/h4-15H,3,16-17H2,1-2H3,(H,28,33). The lowest BCUT2D eigenvalue weighted by Gasteiger charge is -2.12. The van der Waals surface area contributed by atoms with Crippen molar-refractivity contribution in [3.8, 4) is 5.75 Å². The van der Waals surface area contributed by atoms with Gasteiger partial charge < -0.3 is 10.1 Å². The fourth-order valence-electron chi connectivity index (χ4n) is 4.01. The number of benzene rings is 3. The largest absolute Gasteiger partial charge is 0.492 e. The molecule has 1 amide bonds. The zero-order chi connectivity index (χ0) is 25.1. The molecule has 0 atom stereocenters. The van der Waals surface area contributed by atoms with Crippen LogP contribution in [-0.2, 0) is 11.3 Å². The van der Waals surface area contributed by atoms with E-state index in [-0.39, 0.29) is 17.2 Å². The van der Waals surface area contributed by atoms with Gasteiger partial charge in [-0.25, -0.2) is 0 Å². The number of anilines is 1. The number of aryl methyl sites for hydroxylation is 1. The summed E-state index contributed by atoms with van der Waals surface area (Å²) in [6, 6.07) is 22.8. The summed E-state index contributed by atoms with van der Waals surface area (Å²) in [5.41, 5.74) is 3.33. The Bertz CT molecular complexity index is 1610. The fourth-order valence-corrected chi connectivity index (χ4v) is 4.75. The predicted molar refractivity (Wildman–Crippen MR) is 142 cm³/mol. The highest BCUT2D eigenvalue weighted by Crippen LogP contribution is 2.25. The van der Waals surface area contributed by atoms with Crippen LogP contribution in [0.2, 0.25) is 0 Å². The minimum absolute atomic E-state index is 0.118. The van der Waals surface area contributed by atoms with Gasteiger partial charge in [0.25, 0.3) is 5.56 Å². The molecule has 36 heavy (non-hydrogen) atoms. The molecule has 0 saturated heterocycles. The van der Waals surface area contributed by atoms with Crippen LogP contribution in [0.25, 0.3) is 16.7 Å². The van der Waals surface area contributed by atoms with Crippen LogP contribution in [0.1, 0.15) is 18.1 Å². The highest BCUT2D eigenvalue weighted by atomic mass is 32.2.